The van der Waals surface area contributed by atoms with Crippen LogP contribution in [0.4, 0.5) is 0 Å². The molecule has 1 unspecified atom stereocenters. The molecule has 2 nitrogen and oxygen atoms in total. The molecule has 0 amide bonds. The molecule has 11 heavy (non-hydrogen) atoms. The fraction of sp³-hybridized carbons (Fsp3) is 1.00. The van der Waals surface area contributed by atoms with Crippen molar-refractivity contribution in [1.29, 1.82) is 0 Å². The standard InChI is InChI=1S/C9H18N2/c10-9-4-5-11(7-9)6-8-2-1-3-8/h8-9H,1-7,10H2. The Kier molecular flexibility index (Phi) is 2.14. The third-order valence-corrected chi connectivity index (χ3v) is 3.05. The molecular weight excluding hydrogens is 136 g/mol. The lowest BCUT2D eigenvalue weighted by Gasteiger charge is -2.29. The molecule has 2 aliphatic rings. The van der Waals surface area contributed by atoms with Crippen molar-refractivity contribution in [1.82, 2.24) is 4.90 Å². The van der Waals surface area contributed by atoms with Crippen molar-refractivity contribution in [3.05, 3.63) is 0 Å². The van der Waals surface area contributed by atoms with Crippen LogP contribution >= 0.6 is 0 Å². The van der Waals surface area contributed by atoms with Gasteiger partial charge >= 0.3 is 0 Å². The molecule has 0 radical (unpaired) electrons. The van der Waals surface area contributed by atoms with Crippen LogP contribution in [0.1, 0.15) is 25.7 Å². The van der Waals surface area contributed by atoms with E-state index in [1.807, 2.05) is 0 Å². The van der Waals surface area contributed by atoms with E-state index in [9.17, 15) is 0 Å². The molecule has 64 valence electrons. The lowest BCUT2D eigenvalue weighted by Crippen LogP contribution is -2.33. The van der Waals surface area contributed by atoms with Gasteiger partial charge in [0.25, 0.3) is 0 Å². The molecule has 2 fully saturated rings. The first-order valence-electron chi connectivity index (χ1n) is 4.82. The molecule has 0 aromatic rings. The molecule has 0 bridgehead atoms. The van der Waals surface area contributed by atoms with Crippen molar-refractivity contribution < 1.29 is 0 Å². The quantitative estimate of drug-likeness (QED) is 0.638. The summed E-state index contributed by atoms with van der Waals surface area (Å²) in [4.78, 5) is 2.54. The van der Waals surface area contributed by atoms with Crippen LogP contribution in [0.5, 0.6) is 0 Å². The molecule has 2 N–H and O–H groups in total. The van der Waals surface area contributed by atoms with Crippen molar-refractivity contribution in [2.75, 3.05) is 19.6 Å². The van der Waals surface area contributed by atoms with Crippen LogP contribution in [0, 0.1) is 5.92 Å². The topological polar surface area (TPSA) is 29.3 Å². The number of likely N-dealkylation sites (tertiary alicyclic amines) is 1. The maximum absolute atomic E-state index is 5.82. The molecule has 0 aromatic heterocycles. The monoisotopic (exact) mass is 154 g/mol. The maximum atomic E-state index is 5.82. The second-order valence-corrected chi connectivity index (χ2v) is 4.11. The fourth-order valence-corrected chi connectivity index (χ4v) is 2.07. The highest BCUT2D eigenvalue weighted by atomic mass is 15.2. The minimum atomic E-state index is 0.468. The second-order valence-electron chi connectivity index (χ2n) is 4.11. The summed E-state index contributed by atoms with van der Waals surface area (Å²) in [6.45, 7) is 3.72. The molecule has 1 heterocycles. The van der Waals surface area contributed by atoms with E-state index in [1.54, 1.807) is 0 Å². The van der Waals surface area contributed by atoms with Gasteiger partial charge in [-0.25, -0.2) is 0 Å². The smallest absolute Gasteiger partial charge is 0.0180 e. The first-order chi connectivity index (χ1) is 5.34. The van der Waals surface area contributed by atoms with Gasteiger partial charge in [0.1, 0.15) is 0 Å². The van der Waals surface area contributed by atoms with Gasteiger partial charge in [-0.1, -0.05) is 6.42 Å². The minimum Gasteiger partial charge on any atom is -0.326 e. The summed E-state index contributed by atoms with van der Waals surface area (Å²) in [5, 5.41) is 0. The average molecular weight is 154 g/mol. The van der Waals surface area contributed by atoms with E-state index in [4.69, 9.17) is 5.73 Å². The van der Waals surface area contributed by atoms with Gasteiger partial charge < -0.3 is 10.6 Å². The predicted molar refractivity (Wildman–Crippen MR) is 46.4 cm³/mol. The van der Waals surface area contributed by atoms with Crippen molar-refractivity contribution in [3.8, 4) is 0 Å². The van der Waals surface area contributed by atoms with E-state index >= 15 is 0 Å². The molecule has 0 spiro atoms. The van der Waals surface area contributed by atoms with E-state index in [-0.39, 0.29) is 0 Å². The second kappa shape index (κ2) is 3.11. The summed E-state index contributed by atoms with van der Waals surface area (Å²) in [7, 11) is 0. The van der Waals surface area contributed by atoms with Crippen LogP contribution in [-0.4, -0.2) is 30.6 Å². The molecule has 0 aromatic carbocycles. The van der Waals surface area contributed by atoms with Crippen LogP contribution in [0.25, 0.3) is 0 Å². The van der Waals surface area contributed by atoms with Crippen LogP contribution in [0.15, 0.2) is 0 Å². The Bertz CT molecular complexity index is 132. The Morgan fingerprint density at radius 2 is 2.09 bits per heavy atom. The number of nitrogens with zero attached hydrogens (tertiary/aromatic N) is 1. The van der Waals surface area contributed by atoms with E-state index < -0.39 is 0 Å². The summed E-state index contributed by atoms with van der Waals surface area (Å²) in [5.41, 5.74) is 5.82. The lowest BCUT2D eigenvalue weighted by atomic mass is 9.85. The highest BCUT2D eigenvalue weighted by Crippen LogP contribution is 2.27. The van der Waals surface area contributed by atoms with Crippen molar-refractivity contribution in [2.24, 2.45) is 11.7 Å². The van der Waals surface area contributed by atoms with Gasteiger partial charge in [-0.05, 0) is 31.7 Å². The van der Waals surface area contributed by atoms with Crippen molar-refractivity contribution >= 4 is 0 Å². The Hall–Kier alpha value is -0.0800. The summed E-state index contributed by atoms with van der Waals surface area (Å²) < 4.78 is 0. The summed E-state index contributed by atoms with van der Waals surface area (Å²) in [5.74, 6) is 1.01. The largest absolute Gasteiger partial charge is 0.326 e. The molecule has 2 rings (SSSR count). The van der Waals surface area contributed by atoms with Crippen LogP contribution in [0.2, 0.25) is 0 Å². The molecule has 2 heteroatoms. The van der Waals surface area contributed by atoms with E-state index in [2.05, 4.69) is 4.90 Å². The third-order valence-electron chi connectivity index (χ3n) is 3.05. The zero-order valence-corrected chi connectivity index (χ0v) is 7.13. The highest BCUT2D eigenvalue weighted by Gasteiger charge is 2.24. The Balaban J connectivity index is 1.70. The SMILES string of the molecule is NC1CCN(CC2CCC2)C1. The Morgan fingerprint density at radius 3 is 2.55 bits per heavy atom. The van der Waals surface area contributed by atoms with Crippen LogP contribution in [0.3, 0.4) is 0 Å². The van der Waals surface area contributed by atoms with Gasteiger partial charge in [-0.3, -0.25) is 0 Å². The average Bonchev–Trinajstić information content (AvgIpc) is 2.27. The van der Waals surface area contributed by atoms with Gasteiger partial charge in [0.2, 0.25) is 0 Å². The molecule has 1 saturated carbocycles. The maximum Gasteiger partial charge on any atom is 0.0180 e. The normalized spacial score (nSPS) is 34.1. The van der Waals surface area contributed by atoms with Gasteiger partial charge in [0.15, 0.2) is 0 Å². The van der Waals surface area contributed by atoms with Crippen LogP contribution in [-0.2, 0) is 0 Å². The molecule has 1 aliphatic carbocycles. The number of hydrogen-bond donors (Lipinski definition) is 1. The molecule has 1 saturated heterocycles. The summed E-state index contributed by atoms with van der Waals surface area (Å²) in [6, 6.07) is 0.468. The fourth-order valence-electron chi connectivity index (χ4n) is 2.07. The number of rotatable bonds is 2. The zero-order valence-electron chi connectivity index (χ0n) is 7.13. The zero-order chi connectivity index (χ0) is 7.68. The third kappa shape index (κ3) is 1.74. The van der Waals surface area contributed by atoms with Gasteiger partial charge in [0.05, 0.1) is 0 Å². The van der Waals surface area contributed by atoms with Crippen molar-refractivity contribution in [2.45, 2.75) is 31.7 Å². The molecular formula is C9H18N2. The Morgan fingerprint density at radius 1 is 1.27 bits per heavy atom. The molecule has 1 atom stereocenters. The summed E-state index contributed by atoms with van der Waals surface area (Å²) >= 11 is 0. The van der Waals surface area contributed by atoms with Gasteiger partial charge in [-0.15, -0.1) is 0 Å². The lowest BCUT2D eigenvalue weighted by molar-refractivity contribution is 0.204. The van der Waals surface area contributed by atoms with Crippen molar-refractivity contribution in [3.63, 3.8) is 0 Å². The highest BCUT2D eigenvalue weighted by molar-refractivity contribution is 4.81. The number of hydrogen-bond acceptors (Lipinski definition) is 2. The molecule has 1 aliphatic heterocycles. The van der Waals surface area contributed by atoms with E-state index in [0.717, 1.165) is 12.5 Å². The first kappa shape index (κ1) is 7.56. The van der Waals surface area contributed by atoms with Crippen LogP contribution < -0.4 is 5.73 Å². The van der Waals surface area contributed by atoms with Gasteiger partial charge in [-0.2, -0.15) is 0 Å². The Labute approximate surface area is 68.7 Å². The summed E-state index contributed by atoms with van der Waals surface area (Å²) in [6.07, 6.45) is 5.61. The minimum absolute atomic E-state index is 0.468. The van der Waals surface area contributed by atoms with E-state index in [0.29, 0.717) is 6.04 Å². The predicted octanol–water partition coefficient (Wildman–Crippen LogP) is 0.819. The first-order valence-corrected chi connectivity index (χ1v) is 4.82. The number of nitrogens with two attached hydrogens (primary N) is 1. The van der Waals surface area contributed by atoms with E-state index in [1.165, 1.54) is 38.8 Å². The van der Waals surface area contributed by atoms with Gasteiger partial charge in [0, 0.05) is 19.1 Å².